The van der Waals surface area contributed by atoms with Gasteiger partial charge in [-0.05, 0) is 61.6 Å². The Balaban J connectivity index is 1.58. The number of hydrogen-bond acceptors (Lipinski definition) is 6. The highest BCUT2D eigenvalue weighted by Gasteiger charge is 2.25. The largest absolute Gasteiger partial charge is 0.493 e. The van der Waals surface area contributed by atoms with Gasteiger partial charge in [0, 0.05) is 15.8 Å². The molecule has 8 heteroatoms. The minimum atomic E-state index is -0.504. The lowest BCUT2D eigenvalue weighted by atomic mass is 10.0. The molecule has 0 saturated carbocycles. The van der Waals surface area contributed by atoms with Crippen LogP contribution in [0.5, 0.6) is 11.5 Å². The molecule has 2 aromatic heterocycles. The Morgan fingerprint density at radius 1 is 0.972 bits per heavy atom. The van der Waals surface area contributed by atoms with Gasteiger partial charge in [0.15, 0.2) is 11.5 Å². The van der Waals surface area contributed by atoms with Crippen LogP contribution in [0.4, 0.5) is 5.00 Å². The average Bonchev–Trinajstić information content (AvgIpc) is 3.07. The third-order valence-electron chi connectivity index (χ3n) is 6.53. The van der Waals surface area contributed by atoms with Crippen LogP contribution in [-0.2, 0) is 12.8 Å². The number of para-hydroxylation sites is 1. The molecule has 0 saturated heterocycles. The van der Waals surface area contributed by atoms with E-state index in [2.05, 4.69) is 5.32 Å². The Morgan fingerprint density at radius 3 is 2.53 bits per heavy atom. The number of thiophene rings is 1. The molecule has 5 rings (SSSR count). The minimum Gasteiger partial charge on any atom is -0.493 e. The van der Waals surface area contributed by atoms with E-state index in [1.165, 1.54) is 11.3 Å². The summed E-state index contributed by atoms with van der Waals surface area (Å²) in [7, 11) is 3.16. The van der Waals surface area contributed by atoms with Gasteiger partial charge in [-0.2, -0.15) is 0 Å². The lowest BCUT2D eigenvalue weighted by Gasteiger charge is -2.13. The topological polar surface area (TPSA) is 104 Å². The van der Waals surface area contributed by atoms with Gasteiger partial charge >= 0.3 is 0 Å². The fraction of sp³-hybridized carbons (Fsp3) is 0.250. The van der Waals surface area contributed by atoms with Crippen LogP contribution in [0.2, 0.25) is 0 Å². The Labute approximate surface area is 213 Å². The second kappa shape index (κ2) is 9.99. The number of aryl methyl sites for hydroxylation is 1. The number of carbonyl (C=O) groups is 2. The van der Waals surface area contributed by atoms with Crippen LogP contribution in [0.15, 0.2) is 48.5 Å². The molecule has 2 aromatic carbocycles. The Kier molecular flexibility index (Phi) is 6.61. The number of anilines is 1. The molecule has 7 nitrogen and oxygen atoms in total. The van der Waals surface area contributed by atoms with E-state index in [1.807, 2.05) is 42.5 Å². The standard InChI is InChI=1S/C28H27N3O4S/c1-34-22-13-12-16(14-23(22)35-2)21-15-19(17-8-6-7-10-20(17)30-21)27(33)31-28-25(26(29)32)18-9-4-3-5-11-24(18)36-28/h6-8,10,12-15H,3-5,9,11H2,1-2H3,(H2,29,32)(H,31,33). The van der Waals surface area contributed by atoms with Crippen LogP contribution < -0.4 is 20.5 Å². The maximum Gasteiger partial charge on any atom is 0.257 e. The maximum atomic E-state index is 13.7. The summed E-state index contributed by atoms with van der Waals surface area (Å²) in [5, 5.41) is 4.25. The number of carbonyl (C=O) groups excluding carboxylic acids is 2. The van der Waals surface area contributed by atoms with Gasteiger partial charge in [-0.1, -0.05) is 24.6 Å². The SMILES string of the molecule is COc1ccc(-c2cc(C(=O)Nc3sc4c(c3C(N)=O)CCCCC4)c3ccccc3n2)cc1OC. The highest BCUT2D eigenvalue weighted by atomic mass is 32.1. The van der Waals surface area contributed by atoms with E-state index >= 15 is 0 Å². The number of nitrogens with one attached hydrogen (secondary N) is 1. The number of nitrogens with zero attached hydrogens (tertiary/aromatic N) is 1. The van der Waals surface area contributed by atoms with E-state index in [9.17, 15) is 9.59 Å². The van der Waals surface area contributed by atoms with Gasteiger partial charge < -0.3 is 20.5 Å². The van der Waals surface area contributed by atoms with Crippen molar-refractivity contribution in [2.24, 2.45) is 5.73 Å². The van der Waals surface area contributed by atoms with E-state index in [-0.39, 0.29) is 5.91 Å². The zero-order valence-corrected chi connectivity index (χ0v) is 21.0. The monoisotopic (exact) mass is 501 g/mol. The summed E-state index contributed by atoms with van der Waals surface area (Å²) in [6, 6.07) is 14.8. The minimum absolute atomic E-state index is 0.311. The highest BCUT2D eigenvalue weighted by molar-refractivity contribution is 7.17. The summed E-state index contributed by atoms with van der Waals surface area (Å²) in [6.45, 7) is 0. The van der Waals surface area contributed by atoms with Crippen molar-refractivity contribution in [1.29, 1.82) is 0 Å². The zero-order valence-electron chi connectivity index (χ0n) is 20.2. The van der Waals surface area contributed by atoms with Gasteiger partial charge in [-0.15, -0.1) is 11.3 Å². The lowest BCUT2D eigenvalue weighted by Crippen LogP contribution is -2.18. The van der Waals surface area contributed by atoms with Crippen molar-refractivity contribution in [2.45, 2.75) is 32.1 Å². The van der Waals surface area contributed by atoms with Crippen LogP contribution in [0.1, 0.15) is 50.4 Å². The molecule has 0 spiro atoms. The molecule has 1 aliphatic carbocycles. The highest BCUT2D eigenvalue weighted by Crippen LogP contribution is 2.38. The maximum absolute atomic E-state index is 13.7. The summed E-state index contributed by atoms with van der Waals surface area (Å²) >= 11 is 1.46. The number of fused-ring (bicyclic) bond motifs is 2. The van der Waals surface area contributed by atoms with Crippen LogP contribution in [0.25, 0.3) is 22.2 Å². The number of hydrogen-bond donors (Lipinski definition) is 2. The van der Waals surface area contributed by atoms with Gasteiger partial charge in [0.25, 0.3) is 11.8 Å². The molecular formula is C28H27N3O4S. The van der Waals surface area contributed by atoms with Crippen LogP contribution >= 0.6 is 11.3 Å². The molecular weight excluding hydrogens is 474 g/mol. The van der Waals surface area contributed by atoms with E-state index in [1.54, 1.807) is 20.3 Å². The molecule has 0 bridgehead atoms. The molecule has 3 N–H and O–H groups in total. The number of rotatable bonds is 6. The van der Waals surface area contributed by atoms with Crippen molar-refractivity contribution < 1.29 is 19.1 Å². The fourth-order valence-electron chi connectivity index (χ4n) is 4.77. The Hall–Kier alpha value is -3.91. The smallest absolute Gasteiger partial charge is 0.257 e. The quantitative estimate of drug-likeness (QED) is 0.335. The third-order valence-corrected chi connectivity index (χ3v) is 7.74. The van der Waals surface area contributed by atoms with Crippen LogP contribution in [0, 0.1) is 0 Å². The molecule has 0 atom stereocenters. The van der Waals surface area contributed by atoms with Gasteiger partial charge in [0.2, 0.25) is 0 Å². The number of methoxy groups -OCH3 is 2. The summed E-state index contributed by atoms with van der Waals surface area (Å²) in [6.07, 6.45) is 4.92. The van der Waals surface area contributed by atoms with Gasteiger partial charge in [0.1, 0.15) is 5.00 Å². The molecule has 2 amide bonds. The van der Waals surface area contributed by atoms with E-state index in [4.69, 9.17) is 20.2 Å². The van der Waals surface area contributed by atoms with Crippen LogP contribution in [0.3, 0.4) is 0 Å². The Morgan fingerprint density at radius 2 is 1.75 bits per heavy atom. The summed E-state index contributed by atoms with van der Waals surface area (Å²) in [4.78, 5) is 32.0. The van der Waals surface area contributed by atoms with Crippen LogP contribution in [-0.4, -0.2) is 31.0 Å². The average molecular weight is 502 g/mol. The molecule has 4 aromatic rings. The first-order chi connectivity index (χ1) is 17.5. The van der Waals surface area contributed by atoms with E-state index < -0.39 is 5.91 Å². The second-order valence-electron chi connectivity index (χ2n) is 8.73. The number of pyridine rings is 1. The number of ether oxygens (including phenoxy) is 2. The summed E-state index contributed by atoms with van der Waals surface area (Å²) in [5.74, 6) is 0.364. The number of nitrogens with two attached hydrogens (primary N) is 1. The molecule has 2 heterocycles. The van der Waals surface area contributed by atoms with Crippen molar-refractivity contribution in [3.63, 3.8) is 0 Å². The number of primary amides is 1. The lowest BCUT2D eigenvalue weighted by molar-refractivity contribution is 0.100. The molecule has 184 valence electrons. The van der Waals surface area contributed by atoms with Crippen molar-refractivity contribution in [3.05, 3.63) is 70.1 Å². The van der Waals surface area contributed by atoms with Gasteiger partial charge in [0.05, 0.1) is 36.6 Å². The van der Waals surface area contributed by atoms with E-state index in [0.717, 1.165) is 53.5 Å². The van der Waals surface area contributed by atoms with Gasteiger partial charge in [-0.25, -0.2) is 4.98 Å². The molecule has 0 fully saturated rings. The number of aromatic nitrogens is 1. The first-order valence-electron chi connectivity index (χ1n) is 11.9. The molecule has 0 aliphatic heterocycles. The van der Waals surface area contributed by atoms with Crippen molar-refractivity contribution in [2.75, 3.05) is 19.5 Å². The summed E-state index contributed by atoms with van der Waals surface area (Å²) < 4.78 is 10.8. The zero-order chi connectivity index (χ0) is 25.2. The van der Waals surface area contributed by atoms with Crippen molar-refractivity contribution in [1.82, 2.24) is 4.98 Å². The van der Waals surface area contributed by atoms with Crippen molar-refractivity contribution >= 4 is 39.1 Å². The van der Waals surface area contributed by atoms with Crippen molar-refractivity contribution in [3.8, 4) is 22.8 Å². The first kappa shape index (κ1) is 23.8. The molecule has 36 heavy (non-hydrogen) atoms. The number of amides is 2. The molecule has 0 unspecified atom stereocenters. The first-order valence-corrected chi connectivity index (χ1v) is 12.7. The third kappa shape index (κ3) is 4.40. The normalized spacial score (nSPS) is 13.1. The second-order valence-corrected chi connectivity index (χ2v) is 9.83. The number of benzene rings is 2. The summed E-state index contributed by atoms with van der Waals surface area (Å²) in [5.41, 5.74) is 9.77. The Bertz CT molecular complexity index is 1480. The van der Waals surface area contributed by atoms with E-state index in [0.29, 0.717) is 38.8 Å². The predicted molar refractivity (Wildman–Crippen MR) is 142 cm³/mol. The molecule has 0 radical (unpaired) electrons. The fourth-order valence-corrected chi connectivity index (χ4v) is 6.06. The van der Waals surface area contributed by atoms with Gasteiger partial charge in [-0.3, -0.25) is 9.59 Å². The predicted octanol–water partition coefficient (Wildman–Crippen LogP) is 5.60. The molecule has 1 aliphatic rings.